The van der Waals surface area contributed by atoms with Crippen LogP contribution in [-0.2, 0) is 16.6 Å². The van der Waals surface area contributed by atoms with Crippen molar-refractivity contribution < 1.29 is 18.3 Å². The van der Waals surface area contributed by atoms with Gasteiger partial charge in [-0.2, -0.15) is 5.10 Å². The van der Waals surface area contributed by atoms with Crippen molar-refractivity contribution in [3.63, 3.8) is 0 Å². The van der Waals surface area contributed by atoms with Crippen LogP contribution < -0.4 is 9.46 Å². The van der Waals surface area contributed by atoms with Crippen LogP contribution >= 0.6 is 0 Å². The van der Waals surface area contributed by atoms with Crippen molar-refractivity contribution in [3.05, 3.63) is 30.7 Å². The summed E-state index contributed by atoms with van der Waals surface area (Å²) in [6, 6.07) is 3.09. The number of anilines is 1. The van der Waals surface area contributed by atoms with Gasteiger partial charge in [0.05, 0.1) is 38.3 Å². The van der Waals surface area contributed by atoms with Crippen molar-refractivity contribution in [2.45, 2.75) is 11.4 Å². The minimum Gasteiger partial charge on any atom is -0.481 e. The highest BCUT2D eigenvalue weighted by molar-refractivity contribution is 7.92. The minimum atomic E-state index is -3.73. The minimum absolute atomic E-state index is 0.0155. The van der Waals surface area contributed by atoms with E-state index in [0.29, 0.717) is 11.6 Å². The number of ether oxygens (including phenoxy) is 1. The van der Waals surface area contributed by atoms with E-state index < -0.39 is 10.0 Å². The van der Waals surface area contributed by atoms with Crippen LogP contribution in [0.5, 0.6) is 5.88 Å². The van der Waals surface area contributed by atoms with Gasteiger partial charge in [-0.25, -0.2) is 13.4 Å². The maximum Gasteiger partial charge on any atom is 0.265 e. The Kier molecular flexibility index (Phi) is 4.20. The molecule has 0 aromatic carbocycles. The van der Waals surface area contributed by atoms with E-state index in [1.165, 1.54) is 30.4 Å². The third kappa shape index (κ3) is 3.25. The molecule has 2 aromatic heterocycles. The summed E-state index contributed by atoms with van der Waals surface area (Å²) in [7, 11) is -2.25. The molecule has 0 saturated heterocycles. The smallest absolute Gasteiger partial charge is 0.265 e. The van der Waals surface area contributed by atoms with Crippen LogP contribution in [-0.4, -0.2) is 42.0 Å². The molecule has 9 heteroatoms. The molecule has 20 heavy (non-hydrogen) atoms. The molecule has 0 amide bonds. The van der Waals surface area contributed by atoms with E-state index in [9.17, 15) is 8.42 Å². The maximum atomic E-state index is 12.1. The molecule has 2 N–H and O–H groups in total. The molecule has 0 aliphatic heterocycles. The zero-order valence-electron chi connectivity index (χ0n) is 10.7. The topological polar surface area (TPSA) is 106 Å². The zero-order chi connectivity index (χ0) is 14.6. The summed E-state index contributed by atoms with van der Waals surface area (Å²) in [5.41, 5.74) is 0.320. The van der Waals surface area contributed by atoms with E-state index in [1.807, 2.05) is 0 Å². The molecule has 0 fully saturated rings. The molecule has 0 aliphatic carbocycles. The van der Waals surface area contributed by atoms with Gasteiger partial charge >= 0.3 is 0 Å². The first-order valence-corrected chi connectivity index (χ1v) is 7.19. The zero-order valence-corrected chi connectivity index (χ0v) is 11.5. The Morgan fingerprint density at radius 1 is 1.40 bits per heavy atom. The van der Waals surface area contributed by atoms with Crippen LogP contribution in [0.25, 0.3) is 0 Å². The van der Waals surface area contributed by atoms with Crippen LogP contribution in [0, 0.1) is 0 Å². The van der Waals surface area contributed by atoms with Crippen molar-refractivity contribution in [1.82, 2.24) is 14.8 Å². The van der Waals surface area contributed by atoms with E-state index >= 15 is 0 Å². The van der Waals surface area contributed by atoms with Crippen molar-refractivity contribution in [1.29, 1.82) is 0 Å². The Morgan fingerprint density at radius 3 is 2.80 bits per heavy atom. The van der Waals surface area contributed by atoms with Gasteiger partial charge in [0.2, 0.25) is 5.88 Å². The van der Waals surface area contributed by atoms with Gasteiger partial charge in [-0.1, -0.05) is 0 Å². The summed E-state index contributed by atoms with van der Waals surface area (Å²) in [5, 5.41) is 12.6. The first-order valence-electron chi connectivity index (χ1n) is 5.71. The lowest BCUT2D eigenvalue weighted by Gasteiger charge is -2.06. The van der Waals surface area contributed by atoms with Crippen LogP contribution in [0.4, 0.5) is 5.69 Å². The quantitative estimate of drug-likeness (QED) is 0.782. The van der Waals surface area contributed by atoms with E-state index in [-0.39, 0.29) is 18.0 Å². The van der Waals surface area contributed by atoms with Gasteiger partial charge in [0.25, 0.3) is 10.0 Å². The molecule has 0 bridgehead atoms. The van der Waals surface area contributed by atoms with Gasteiger partial charge in [0, 0.05) is 12.3 Å². The number of methoxy groups -OCH3 is 1. The summed E-state index contributed by atoms with van der Waals surface area (Å²) in [6.45, 7) is 0.122. The summed E-state index contributed by atoms with van der Waals surface area (Å²) in [4.78, 5) is 3.92. The van der Waals surface area contributed by atoms with Gasteiger partial charge < -0.3 is 9.84 Å². The molecule has 2 heterocycles. The highest BCUT2D eigenvalue weighted by atomic mass is 32.2. The summed E-state index contributed by atoms with van der Waals surface area (Å²) < 4.78 is 32.8. The molecule has 0 saturated carbocycles. The highest BCUT2D eigenvalue weighted by Gasteiger charge is 2.16. The lowest BCUT2D eigenvalue weighted by Crippen LogP contribution is -2.12. The molecule has 0 unspecified atom stereocenters. The Morgan fingerprint density at radius 2 is 2.20 bits per heavy atom. The number of hydrogen-bond acceptors (Lipinski definition) is 6. The average Bonchev–Trinajstić information content (AvgIpc) is 2.89. The van der Waals surface area contributed by atoms with Crippen LogP contribution in [0.2, 0.25) is 0 Å². The monoisotopic (exact) mass is 298 g/mol. The first-order chi connectivity index (χ1) is 9.55. The summed E-state index contributed by atoms with van der Waals surface area (Å²) >= 11 is 0. The highest BCUT2D eigenvalue weighted by Crippen LogP contribution is 2.16. The lowest BCUT2D eigenvalue weighted by atomic mass is 10.4. The molecule has 2 aromatic rings. The third-order valence-corrected chi connectivity index (χ3v) is 3.78. The van der Waals surface area contributed by atoms with Crippen molar-refractivity contribution in [2.75, 3.05) is 18.4 Å². The summed E-state index contributed by atoms with van der Waals surface area (Å²) in [6.07, 6.45) is 3.92. The number of nitrogens with zero attached hydrogens (tertiary/aromatic N) is 3. The Labute approximate surface area is 116 Å². The number of aliphatic hydroxyl groups excluding tert-OH is 1. The number of aliphatic hydroxyl groups is 1. The molecule has 0 radical (unpaired) electrons. The lowest BCUT2D eigenvalue weighted by molar-refractivity contribution is 0.269. The molecule has 108 valence electrons. The molecular formula is C11H14N4O4S. The van der Waals surface area contributed by atoms with E-state index in [4.69, 9.17) is 9.84 Å². The fourth-order valence-corrected chi connectivity index (χ4v) is 2.48. The molecule has 0 aliphatic rings. The number of sulfonamides is 1. The normalized spacial score (nSPS) is 11.3. The van der Waals surface area contributed by atoms with Crippen LogP contribution in [0.15, 0.2) is 35.6 Å². The SMILES string of the molecule is COc1ccc(NS(=O)(=O)c2cnn(CCO)c2)cn1. The predicted octanol–water partition coefficient (Wildman–Crippen LogP) is 0.0798. The number of hydrogen-bond donors (Lipinski definition) is 2. The maximum absolute atomic E-state index is 12.1. The van der Waals surface area contributed by atoms with Gasteiger partial charge in [-0.3, -0.25) is 9.40 Å². The third-order valence-electron chi connectivity index (χ3n) is 2.45. The van der Waals surface area contributed by atoms with Crippen LogP contribution in [0.1, 0.15) is 0 Å². The average molecular weight is 298 g/mol. The Bertz CT molecular complexity index is 666. The van der Waals surface area contributed by atoms with Gasteiger partial charge in [0.1, 0.15) is 4.90 Å². The van der Waals surface area contributed by atoms with E-state index in [1.54, 1.807) is 12.1 Å². The summed E-state index contributed by atoms with van der Waals surface area (Å²) in [5.74, 6) is 0.392. The fourth-order valence-electron chi connectivity index (χ4n) is 1.48. The first kappa shape index (κ1) is 14.3. The Hall–Kier alpha value is -2.13. The van der Waals surface area contributed by atoms with Gasteiger partial charge in [0.15, 0.2) is 0 Å². The van der Waals surface area contributed by atoms with Gasteiger partial charge in [-0.15, -0.1) is 0 Å². The molecular weight excluding hydrogens is 284 g/mol. The van der Waals surface area contributed by atoms with Crippen LogP contribution in [0.3, 0.4) is 0 Å². The van der Waals surface area contributed by atoms with E-state index in [2.05, 4.69) is 14.8 Å². The number of rotatable bonds is 6. The van der Waals surface area contributed by atoms with Crippen molar-refractivity contribution in [3.8, 4) is 5.88 Å². The molecule has 0 spiro atoms. The Balaban J connectivity index is 2.16. The number of pyridine rings is 1. The van der Waals surface area contributed by atoms with E-state index in [0.717, 1.165) is 0 Å². The largest absolute Gasteiger partial charge is 0.481 e. The molecule has 0 atom stereocenters. The fraction of sp³-hybridized carbons (Fsp3) is 0.273. The van der Waals surface area contributed by atoms with Crippen molar-refractivity contribution in [2.24, 2.45) is 0 Å². The molecule has 8 nitrogen and oxygen atoms in total. The predicted molar refractivity (Wildman–Crippen MR) is 70.9 cm³/mol. The number of aromatic nitrogens is 3. The molecule has 2 rings (SSSR count). The number of nitrogens with one attached hydrogen (secondary N) is 1. The second kappa shape index (κ2) is 5.88. The van der Waals surface area contributed by atoms with Gasteiger partial charge in [-0.05, 0) is 6.07 Å². The second-order valence-corrected chi connectivity index (χ2v) is 5.54. The van der Waals surface area contributed by atoms with Crippen molar-refractivity contribution >= 4 is 15.7 Å². The second-order valence-electron chi connectivity index (χ2n) is 3.86. The standard InChI is InChI=1S/C11H14N4O4S/c1-19-11-3-2-9(6-12-11)14-20(17,18)10-7-13-15(8-10)4-5-16/h2-3,6-8,14,16H,4-5H2,1H3.